The lowest BCUT2D eigenvalue weighted by Gasteiger charge is -2.18. The number of hydrogen-bond acceptors (Lipinski definition) is 3. The number of carbonyl (C=O) groups is 1. The molecule has 2 heterocycles. The monoisotopic (exact) mass is 338 g/mol. The van der Waals surface area contributed by atoms with Crippen LogP contribution in [-0.2, 0) is 4.84 Å². The molecule has 2 aliphatic rings. The third-order valence-corrected chi connectivity index (χ3v) is 5.04. The largest absolute Gasteiger partial charge is 0.390 e. The third kappa shape index (κ3) is 2.69. The van der Waals surface area contributed by atoms with Crippen LogP contribution < -0.4 is 0 Å². The van der Waals surface area contributed by atoms with Gasteiger partial charge in [-0.2, -0.15) is 0 Å². The van der Waals surface area contributed by atoms with E-state index in [0.29, 0.717) is 18.7 Å². The first-order valence-corrected chi connectivity index (χ1v) is 8.39. The van der Waals surface area contributed by atoms with E-state index in [4.69, 9.17) is 4.84 Å². The first-order valence-electron chi connectivity index (χ1n) is 8.39. The molecule has 25 heavy (non-hydrogen) atoms. The fourth-order valence-electron chi connectivity index (χ4n) is 3.61. The number of hydrogen-bond donors (Lipinski definition) is 0. The highest BCUT2D eigenvalue weighted by Crippen LogP contribution is 2.32. The molecule has 5 heteroatoms. The number of fused-ring (bicyclic) bond motifs is 1. The molecule has 0 N–H and O–H groups in total. The zero-order valence-electron chi connectivity index (χ0n) is 14.2. The van der Waals surface area contributed by atoms with Crippen LogP contribution in [0.5, 0.6) is 0 Å². The van der Waals surface area contributed by atoms with Gasteiger partial charge in [0.1, 0.15) is 5.82 Å². The van der Waals surface area contributed by atoms with Crippen LogP contribution in [0.3, 0.4) is 0 Å². The first-order chi connectivity index (χ1) is 12.0. The van der Waals surface area contributed by atoms with Crippen LogP contribution in [0.2, 0.25) is 0 Å². The fraction of sp³-hybridized carbons (Fsp3) is 0.300. The molecule has 4 rings (SSSR count). The van der Waals surface area contributed by atoms with Crippen LogP contribution in [-0.4, -0.2) is 35.7 Å². The van der Waals surface area contributed by atoms with Crippen molar-refractivity contribution in [3.05, 3.63) is 70.5 Å². The fourth-order valence-corrected chi connectivity index (χ4v) is 3.61. The van der Waals surface area contributed by atoms with Crippen LogP contribution in [0.25, 0.3) is 0 Å². The Labute approximate surface area is 145 Å². The SMILES string of the molecule is Cc1ccc(F)cc1C(=O)N1CC2ON=C(c3ccccc3C)C2C1. The van der Waals surface area contributed by atoms with E-state index in [1.54, 1.807) is 11.0 Å². The predicted molar refractivity (Wildman–Crippen MR) is 93.1 cm³/mol. The van der Waals surface area contributed by atoms with Crippen LogP contribution in [0.15, 0.2) is 47.6 Å². The minimum Gasteiger partial charge on any atom is -0.390 e. The number of oxime groups is 1. The van der Waals surface area contributed by atoms with E-state index in [0.717, 1.165) is 22.4 Å². The van der Waals surface area contributed by atoms with E-state index in [1.165, 1.54) is 12.1 Å². The molecule has 0 aliphatic carbocycles. The zero-order valence-corrected chi connectivity index (χ0v) is 14.2. The second-order valence-corrected chi connectivity index (χ2v) is 6.71. The number of likely N-dealkylation sites (tertiary alicyclic amines) is 1. The number of carbonyl (C=O) groups excluding carboxylic acids is 1. The Morgan fingerprint density at radius 2 is 1.96 bits per heavy atom. The van der Waals surface area contributed by atoms with Crippen LogP contribution in [0.1, 0.15) is 27.0 Å². The summed E-state index contributed by atoms with van der Waals surface area (Å²) in [5, 5.41) is 4.27. The smallest absolute Gasteiger partial charge is 0.254 e. The van der Waals surface area contributed by atoms with Gasteiger partial charge >= 0.3 is 0 Å². The Balaban J connectivity index is 1.58. The Bertz CT molecular complexity index is 878. The number of rotatable bonds is 2. The van der Waals surface area contributed by atoms with Gasteiger partial charge in [-0.25, -0.2) is 4.39 Å². The van der Waals surface area contributed by atoms with E-state index < -0.39 is 5.82 Å². The van der Waals surface area contributed by atoms with Crippen molar-refractivity contribution < 1.29 is 14.0 Å². The lowest BCUT2D eigenvalue weighted by Crippen LogP contribution is -2.31. The molecular weight excluding hydrogens is 319 g/mol. The second kappa shape index (κ2) is 5.99. The van der Waals surface area contributed by atoms with Gasteiger partial charge in [0.05, 0.1) is 18.2 Å². The number of amides is 1. The van der Waals surface area contributed by atoms with E-state index in [-0.39, 0.29) is 17.9 Å². The maximum atomic E-state index is 13.5. The Morgan fingerprint density at radius 1 is 1.16 bits per heavy atom. The van der Waals surface area contributed by atoms with E-state index in [1.807, 2.05) is 38.1 Å². The topological polar surface area (TPSA) is 41.9 Å². The Hall–Kier alpha value is -2.69. The van der Waals surface area contributed by atoms with E-state index >= 15 is 0 Å². The van der Waals surface area contributed by atoms with Crippen LogP contribution >= 0.6 is 0 Å². The molecule has 4 nitrogen and oxygen atoms in total. The van der Waals surface area contributed by atoms with Gasteiger partial charge in [-0.15, -0.1) is 0 Å². The van der Waals surface area contributed by atoms with Gasteiger partial charge in [-0.3, -0.25) is 4.79 Å². The van der Waals surface area contributed by atoms with Crippen LogP contribution in [0.4, 0.5) is 4.39 Å². The van der Waals surface area contributed by atoms with Crippen molar-refractivity contribution in [2.75, 3.05) is 13.1 Å². The third-order valence-electron chi connectivity index (χ3n) is 5.04. The summed E-state index contributed by atoms with van der Waals surface area (Å²) in [6.07, 6.45) is -0.132. The Morgan fingerprint density at radius 3 is 2.76 bits per heavy atom. The average molecular weight is 338 g/mol. The van der Waals surface area contributed by atoms with Gasteiger partial charge in [0.25, 0.3) is 5.91 Å². The quantitative estimate of drug-likeness (QED) is 0.843. The van der Waals surface area contributed by atoms with Gasteiger partial charge < -0.3 is 9.74 Å². The molecule has 128 valence electrons. The second-order valence-electron chi connectivity index (χ2n) is 6.71. The highest BCUT2D eigenvalue weighted by molar-refractivity contribution is 6.05. The number of halogens is 1. The van der Waals surface area contributed by atoms with E-state index in [9.17, 15) is 9.18 Å². The molecule has 1 fully saturated rings. The van der Waals surface area contributed by atoms with Crippen molar-refractivity contribution in [2.24, 2.45) is 11.1 Å². The summed E-state index contributed by atoms with van der Waals surface area (Å²) in [5.74, 6) is -0.496. The normalized spacial score (nSPS) is 21.7. The average Bonchev–Trinajstić information content (AvgIpc) is 3.18. The van der Waals surface area contributed by atoms with Gasteiger partial charge in [-0.05, 0) is 37.1 Å². The first kappa shape index (κ1) is 15.8. The number of aryl methyl sites for hydroxylation is 2. The molecule has 2 atom stereocenters. The summed E-state index contributed by atoms with van der Waals surface area (Å²) in [6.45, 7) is 4.87. The summed E-state index contributed by atoms with van der Waals surface area (Å²) in [7, 11) is 0. The summed E-state index contributed by atoms with van der Waals surface area (Å²) in [4.78, 5) is 20.2. The summed E-state index contributed by atoms with van der Waals surface area (Å²) >= 11 is 0. The van der Waals surface area contributed by atoms with Crippen molar-refractivity contribution in [3.63, 3.8) is 0 Å². The van der Waals surface area contributed by atoms with E-state index in [2.05, 4.69) is 5.16 Å². The molecule has 2 aromatic rings. The molecule has 1 amide bonds. The minimum absolute atomic E-state index is 0.0546. The molecule has 2 aromatic carbocycles. The van der Waals surface area contributed by atoms with Crippen molar-refractivity contribution in [3.8, 4) is 0 Å². The Kier molecular flexibility index (Phi) is 3.79. The molecule has 0 spiro atoms. The molecule has 0 bridgehead atoms. The van der Waals surface area contributed by atoms with Crippen molar-refractivity contribution in [1.29, 1.82) is 0 Å². The van der Waals surface area contributed by atoms with Crippen molar-refractivity contribution in [1.82, 2.24) is 4.90 Å². The molecule has 0 aromatic heterocycles. The number of benzene rings is 2. The van der Waals surface area contributed by atoms with Gasteiger partial charge in [0.2, 0.25) is 0 Å². The predicted octanol–water partition coefficient (Wildman–Crippen LogP) is 3.32. The maximum Gasteiger partial charge on any atom is 0.254 e. The van der Waals surface area contributed by atoms with Gasteiger partial charge in [-0.1, -0.05) is 35.5 Å². The lowest BCUT2D eigenvalue weighted by atomic mass is 9.92. The standard InChI is InChI=1S/C20H19FN2O2/c1-12-5-3-4-6-15(12)19-17-10-23(11-18(17)25-22-19)20(24)16-9-14(21)8-7-13(16)2/h3-9,17-18H,10-11H2,1-2H3. The summed E-state index contributed by atoms with van der Waals surface area (Å²) in [5.41, 5.74) is 4.28. The summed E-state index contributed by atoms with van der Waals surface area (Å²) < 4.78 is 13.5. The highest BCUT2D eigenvalue weighted by Gasteiger charge is 2.44. The molecular formula is C20H19FN2O2. The molecule has 2 unspecified atom stereocenters. The number of nitrogens with zero attached hydrogens (tertiary/aromatic N) is 2. The van der Waals surface area contributed by atoms with Crippen molar-refractivity contribution >= 4 is 11.6 Å². The van der Waals surface area contributed by atoms with Gasteiger partial charge in [0.15, 0.2) is 6.10 Å². The lowest BCUT2D eigenvalue weighted by molar-refractivity contribution is 0.0631. The molecule has 1 saturated heterocycles. The minimum atomic E-state index is -0.397. The van der Waals surface area contributed by atoms with Gasteiger partial charge in [0, 0.05) is 17.7 Å². The highest BCUT2D eigenvalue weighted by atomic mass is 19.1. The van der Waals surface area contributed by atoms with Crippen LogP contribution in [0, 0.1) is 25.6 Å². The van der Waals surface area contributed by atoms with Crippen molar-refractivity contribution in [2.45, 2.75) is 20.0 Å². The molecule has 0 saturated carbocycles. The molecule has 0 radical (unpaired) electrons. The zero-order chi connectivity index (χ0) is 17.6. The molecule has 2 aliphatic heterocycles. The summed E-state index contributed by atoms with van der Waals surface area (Å²) in [6, 6.07) is 12.4. The maximum absolute atomic E-state index is 13.5.